The molecule has 1 saturated heterocycles. The van der Waals surface area contributed by atoms with Gasteiger partial charge in [-0.2, -0.15) is 0 Å². The molecule has 4 rings (SSSR count). The number of carbonyl (C=O) groups is 2. The third-order valence-electron chi connectivity index (χ3n) is 6.10. The predicted octanol–water partition coefficient (Wildman–Crippen LogP) is 1.69. The molecule has 2 amide bonds. The standard InChI is InChI=1S/C22H23F2N3O5/c1-11-5-6-22(2,32)16-10-26(11)21(31)17-19(29)18(28)14(9-27(16)17)20(30)25-8-12-3-4-13(23)7-15(12)24/h3-4,7,9,11,16,29,32H,5-6,8,10H2,1-2H3,(H,25,30)/t11-,16+,22-/m0/s1/i2D3. The highest BCUT2D eigenvalue weighted by atomic mass is 19.1. The van der Waals surface area contributed by atoms with Crippen molar-refractivity contribution in [2.24, 2.45) is 0 Å². The van der Waals surface area contributed by atoms with Crippen LogP contribution in [0.25, 0.3) is 0 Å². The van der Waals surface area contributed by atoms with Gasteiger partial charge in [0, 0.05) is 41.1 Å². The summed E-state index contributed by atoms with van der Waals surface area (Å²) in [5.41, 5.74) is -4.74. The molecule has 3 atom stereocenters. The molecule has 3 heterocycles. The van der Waals surface area contributed by atoms with E-state index in [9.17, 15) is 33.4 Å². The van der Waals surface area contributed by atoms with Crippen LogP contribution in [-0.2, 0) is 6.54 Å². The summed E-state index contributed by atoms with van der Waals surface area (Å²) in [5, 5.41) is 24.2. The van der Waals surface area contributed by atoms with Crippen LogP contribution in [-0.4, -0.2) is 49.7 Å². The monoisotopic (exact) mass is 450 g/mol. The third-order valence-corrected chi connectivity index (χ3v) is 6.10. The Labute approximate surface area is 186 Å². The lowest BCUT2D eigenvalue weighted by Crippen LogP contribution is -2.51. The van der Waals surface area contributed by atoms with Crippen LogP contribution < -0.4 is 10.7 Å². The molecule has 0 radical (unpaired) electrons. The number of pyridine rings is 1. The van der Waals surface area contributed by atoms with Gasteiger partial charge < -0.3 is 25.0 Å². The van der Waals surface area contributed by atoms with Crippen LogP contribution in [0, 0.1) is 11.6 Å². The van der Waals surface area contributed by atoms with E-state index in [0.29, 0.717) is 6.07 Å². The van der Waals surface area contributed by atoms with Crippen molar-refractivity contribution >= 4 is 11.8 Å². The van der Waals surface area contributed by atoms with Gasteiger partial charge in [0.25, 0.3) is 11.8 Å². The molecule has 2 aromatic rings. The van der Waals surface area contributed by atoms with E-state index in [2.05, 4.69) is 5.32 Å². The molecule has 1 fully saturated rings. The summed E-state index contributed by atoms with van der Waals surface area (Å²) in [5.74, 6) is -4.57. The maximum Gasteiger partial charge on any atom is 0.274 e. The van der Waals surface area contributed by atoms with Crippen molar-refractivity contribution in [2.45, 2.75) is 50.8 Å². The molecule has 0 unspecified atom stereocenters. The van der Waals surface area contributed by atoms with Crippen LogP contribution in [0.5, 0.6) is 5.75 Å². The highest BCUT2D eigenvalue weighted by Gasteiger charge is 2.46. The molecule has 0 spiro atoms. The largest absolute Gasteiger partial charge is 0.503 e. The lowest BCUT2D eigenvalue weighted by Gasteiger charge is -2.41. The molecule has 2 aliphatic rings. The van der Waals surface area contributed by atoms with Crippen LogP contribution in [0.15, 0.2) is 29.2 Å². The van der Waals surface area contributed by atoms with Crippen LogP contribution in [0.1, 0.15) is 63.2 Å². The molecule has 1 aromatic carbocycles. The van der Waals surface area contributed by atoms with E-state index in [-0.39, 0.29) is 24.9 Å². The minimum Gasteiger partial charge on any atom is -0.503 e. The molecule has 32 heavy (non-hydrogen) atoms. The van der Waals surface area contributed by atoms with Gasteiger partial charge in [0.15, 0.2) is 11.4 Å². The Bertz CT molecular complexity index is 1280. The van der Waals surface area contributed by atoms with Crippen molar-refractivity contribution < 1.29 is 32.7 Å². The Kier molecular flexibility index (Phi) is 4.41. The lowest BCUT2D eigenvalue weighted by atomic mass is 9.90. The summed E-state index contributed by atoms with van der Waals surface area (Å²) >= 11 is 0. The Morgan fingerprint density at radius 3 is 2.81 bits per heavy atom. The topological polar surface area (TPSA) is 112 Å². The fraction of sp³-hybridized carbons (Fsp3) is 0.409. The molecule has 3 N–H and O–H groups in total. The van der Waals surface area contributed by atoms with Crippen molar-refractivity contribution in [2.75, 3.05) is 6.54 Å². The molecule has 1 aromatic heterocycles. The number of rotatable bonds is 3. The molecule has 8 nitrogen and oxygen atoms in total. The summed E-state index contributed by atoms with van der Waals surface area (Å²) < 4.78 is 51.8. The number of benzene rings is 1. The third kappa shape index (κ3) is 3.54. The molecule has 170 valence electrons. The minimum atomic E-state index is -2.88. The number of hydrogen-bond acceptors (Lipinski definition) is 5. The smallest absolute Gasteiger partial charge is 0.274 e. The van der Waals surface area contributed by atoms with Gasteiger partial charge in [-0.25, -0.2) is 8.78 Å². The zero-order chi connectivity index (χ0) is 25.9. The van der Waals surface area contributed by atoms with Crippen molar-refractivity contribution in [3.8, 4) is 5.75 Å². The summed E-state index contributed by atoms with van der Waals surface area (Å²) in [6, 6.07) is 0.961. The quantitative estimate of drug-likeness (QED) is 0.659. The molecule has 2 aliphatic heterocycles. The Hall–Kier alpha value is -3.27. The van der Waals surface area contributed by atoms with Crippen LogP contribution in [0.3, 0.4) is 0 Å². The van der Waals surface area contributed by atoms with E-state index in [4.69, 9.17) is 4.11 Å². The number of aliphatic hydroxyl groups is 1. The second kappa shape index (κ2) is 7.70. The highest BCUT2D eigenvalue weighted by Crippen LogP contribution is 2.39. The van der Waals surface area contributed by atoms with Crippen LogP contribution in [0.4, 0.5) is 8.78 Å². The second-order valence-corrected chi connectivity index (χ2v) is 8.18. The number of fused-ring (bicyclic) bond motifs is 4. The van der Waals surface area contributed by atoms with E-state index in [0.717, 1.165) is 22.9 Å². The number of amides is 2. The van der Waals surface area contributed by atoms with Gasteiger partial charge in [0.1, 0.15) is 17.2 Å². The van der Waals surface area contributed by atoms with E-state index in [1.807, 2.05) is 0 Å². The van der Waals surface area contributed by atoms with Crippen molar-refractivity contribution in [3.05, 3.63) is 63.1 Å². The maximum absolute atomic E-state index is 13.9. The number of hydrogen-bond donors (Lipinski definition) is 3. The molecule has 10 heteroatoms. The number of nitrogens with one attached hydrogen (secondary N) is 1. The SMILES string of the molecule is [2H]C([2H])([2H])[C@]1(O)CC[C@H](C)N2C[C@H]1n1cc(C(=O)NCc3ccc(F)cc3F)c(=O)c(O)c1C2=O. The number of aromatic nitrogens is 1. The Balaban J connectivity index is 1.79. The summed E-state index contributed by atoms with van der Waals surface area (Å²) in [6.45, 7) is -1.85. The predicted molar refractivity (Wildman–Crippen MR) is 109 cm³/mol. The zero-order valence-electron chi connectivity index (χ0n) is 20.1. The first-order valence-corrected chi connectivity index (χ1v) is 10.00. The van der Waals surface area contributed by atoms with E-state index >= 15 is 0 Å². The maximum atomic E-state index is 13.9. The lowest BCUT2D eigenvalue weighted by molar-refractivity contribution is -0.00840. The molecule has 0 aliphatic carbocycles. The molecular formula is C22H23F2N3O5. The Morgan fingerprint density at radius 2 is 2.12 bits per heavy atom. The first-order valence-electron chi connectivity index (χ1n) is 11.5. The highest BCUT2D eigenvalue weighted by molar-refractivity contribution is 5.99. The van der Waals surface area contributed by atoms with E-state index in [1.54, 1.807) is 6.92 Å². The average Bonchev–Trinajstić information content (AvgIpc) is 2.89. The van der Waals surface area contributed by atoms with Gasteiger partial charge in [-0.15, -0.1) is 0 Å². The van der Waals surface area contributed by atoms with Gasteiger partial charge >= 0.3 is 0 Å². The second-order valence-electron chi connectivity index (χ2n) is 8.18. The molecule has 2 bridgehead atoms. The number of halogens is 2. The summed E-state index contributed by atoms with van der Waals surface area (Å²) in [4.78, 5) is 40.0. The summed E-state index contributed by atoms with van der Waals surface area (Å²) in [7, 11) is 0. The normalized spacial score (nSPS) is 26.4. The number of aromatic hydroxyl groups is 1. The first kappa shape index (κ1) is 18.3. The average molecular weight is 450 g/mol. The molecule has 0 saturated carbocycles. The summed E-state index contributed by atoms with van der Waals surface area (Å²) in [6.07, 6.45) is 0.893. The van der Waals surface area contributed by atoms with E-state index < -0.39 is 77.0 Å². The van der Waals surface area contributed by atoms with Crippen molar-refractivity contribution in [1.29, 1.82) is 0 Å². The van der Waals surface area contributed by atoms with Gasteiger partial charge in [0.2, 0.25) is 5.43 Å². The fourth-order valence-corrected chi connectivity index (χ4v) is 4.18. The van der Waals surface area contributed by atoms with Gasteiger partial charge in [0.05, 0.1) is 11.6 Å². The van der Waals surface area contributed by atoms with Crippen LogP contribution >= 0.6 is 0 Å². The fourth-order valence-electron chi connectivity index (χ4n) is 4.18. The van der Waals surface area contributed by atoms with E-state index in [1.165, 1.54) is 4.90 Å². The van der Waals surface area contributed by atoms with Gasteiger partial charge in [-0.3, -0.25) is 14.4 Å². The van der Waals surface area contributed by atoms with Crippen LogP contribution in [0.2, 0.25) is 0 Å². The first-order chi connectivity index (χ1) is 16.3. The molecular weight excluding hydrogens is 424 g/mol. The zero-order valence-corrected chi connectivity index (χ0v) is 17.1. The van der Waals surface area contributed by atoms with Gasteiger partial charge in [-0.05, 0) is 32.7 Å². The van der Waals surface area contributed by atoms with Crippen molar-refractivity contribution in [1.82, 2.24) is 14.8 Å². The Morgan fingerprint density at radius 1 is 1.38 bits per heavy atom. The number of carbonyl (C=O) groups excluding carboxylic acids is 2. The number of nitrogens with zero attached hydrogens (tertiary/aromatic N) is 2. The van der Waals surface area contributed by atoms with Gasteiger partial charge in [-0.1, -0.05) is 6.07 Å². The van der Waals surface area contributed by atoms with Crippen molar-refractivity contribution in [3.63, 3.8) is 0 Å². The minimum absolute atomic E-state index is 0.0672.